The molecule has 8 nitrogen and oxygen atoms in total. The maximum atomic E-state index is 13.4. The zero-order chi connectivity index (χ0) is 27.2. The first-order chi connectivity index (χ1) is 18.3. The Morgan fingerprint density at radius 3 is 2.42 bits per heavy atom. The summed E-state index contributed by atoms with van der Waals surface area (Å²) in [4.78, 5) is 32.6. The number of carbonyl (C=O) groups is 2. The molecule has 0 aliphatic carbocycles. The summed E-state index contributed by atoms with van der Waals surface area (Å²) in [6.45, 7) is 8.94. The van der Waals surface area contributed by atoms with Crippen molar-refractivity contribution in [2.24, 2.45) is 0 Å². The molecule has 204 valence electrons. The molecule has 0 saturated carbocycles. The number of Topliss-reactive ketones (excluding diaryl/α,β-unsaturated/α-hetero) is 1. The highest BCUT2D eigenvalue weighted by Gasteiger charge is 2.45. The minimum absolute atomic E-state index is 0.126. The summed E-state index contributed by atoms with van der Waals surface area (Å²) in [6.07, 6.45) is 1.62. The summed E-state index contributed by atoms with van der Waals surface area (Å²) in [5.41, 5.74) is 3.28. The number of ether oxygens (including phenoxy) is 2. The third-order valence-corrected chi connectivity index (χ3v) is 7.15. The van der Waals surface area contributed by atoms with Gasteiger partial charge in [0.15, 0.2) is 0 Å². The lowest BCUT2D eigenvalue weighted by Gasteiger charge is -2.29. The zero-order valence-corrected chi connectivity index (χ0v) is 22.9. The second kappa shape index (κ2) is 12.5. The van der Waals surface area contributed by atoms with Crippen LogP contribution < -0.4 is 9.64 Å². The number of rotatable bonds is 10. The summed E-state index contributed by atoms with van der Waals surface area (Å²) in [7, 11) is 3.92. The van der Waals surface area contributed by atoms with Gasteiger partial charge in [-0.15, -0.1) is 0 Å². The van der Waals surface area contributed by atoms with Gasteiger partial charge in [-0.2, -0.15) is 0 Å². The van der Waals surface area contributed by atoms with Crippen molar-refractivity contribution in [1.82, 2.24) is 9.80 Å². The molecule has 0 aromatic heterocycles. The van der Waals surface area contributed by atoms with Gasteiger partial charge < -0.3 is 24.4 Å². The molecule has 1 N–H and O–H groups in total. The van der Waals surface area contributed by atoms with Gasteiger partial charge in [0.05, 0.1) is 31.4 Å². The van der Waals surface area contributed by atoms with E-state index in [-0.39, 0.29) is 11.3 Å². The molecule has 4 rings (SSSR count). The fraction of sp³-hybridized carbons (Fsp3) is 0.467. The van der Waals surface area contributed by atoms with Crippen molar-refractivity contribution < 1.29 is 24.2 Å². The monoisotopic (exact) mass is 521 g/mol. The lowest BCUT2D eigenvalue weighted by atomic mass is 9.94. The molecular weight excluding hydrogens is 482 g/mol. The summed E-state index contributed by atoms with van der Waals surface area (Å²) in [5, 5.41) is 11.4. The molecule has 2 aromatic rings. The third kappa shape index (κ3) is 6.03. The molecular formula is C30H39N3O5. The van der Waals surface area contributed by atoms with Crippen LogP contribution in [-0.2, 0) is 14.3 Å². The van der Waals surface area contributed by atoms with E-state index in [1.54, 1.807) is 23.1 Å². The van der Waals surface area contributed by atoms with Crippen LogP contribution in [0.3, 0.4) is 0 Å². The van der Waals surface area contributed by atoms with Crippen LogP contribution in [0.15, 0.2) is 48.0 Å². The number of benzene rings is 2. The Balaban J connectivity index is 1.68. The van der Waals surface area contributed by atoms with E-state index in [2.05, 4.69) is 4.90 Å². The topological polar surface area (TPSA) is 82.5 Å². The molecule has 2 fully saturated rings. The van der Waals surface area contributed by atoms with Crippen LogP contribution >= 0.6 is 0 Å². The molecule has 2 saturated heterocycles. The highest BCUT2D eigenvalue weighted by atomic mass is 16.5. The van der Waals surface area contributed by atoms with Crippen molar-refractivity contribution in [3.8, 4) is 5.75 Å². The van der Waals surface area contributed by atoms with Crippen LogP contribution in [0.25, 0.3) is 5.76 Å². The lowest BCUT2D eigenvalue weighted by molar-refractivity contribution is -0.140. The quantitative estimate of drug-likeness (QED) is 0.288. The van der Waals surface area contributed by atoms with E-state index in [0.717, 1.165) is 55.0 Å². The van der Waals surface area contributed by atoms with Crippen molar-refractivity contribution >= 4 is 23.1 Å². The first-order valence-electron chi connectivity index (χ1n) is 13.4. The Morgan fingerprint density at radius 1 is 1.08 bits per heavy atom. The van der Waals surface area contributed by atoms with Gasteiger partial charge in [-0.3, -0.25) is 14.5 Å². The molecule has 2 aromatic carbocycles. The van der Waals surface area contributed by atoms with E-state index >= 15 is 0 Å². The van der Waals surface area contributed by atoms with Crippen LogP contribution in [0.2, 0.25) is 0 Å². The summed E-state index contributed by atoms with van der Waals surface area (Å²) in [5.74, 6) is -0.650. The molecule has 1 amide bonds. The van der Waals surface area contributed by atoms with Crippen LogP contribution in [-0.4, -0.2) is 86.7 Å². The Kier molecular flexibility index (Phi) is 9.07. The van der Waals surface area contributed by atoms with E-state index in [1.807, 2.05) is 57.1 Å². The number of amides is 1. The number of aliphatic hydroxyl groups excluding tert-OH is 1. The second-order valence-electron chi connectivity index (χ2n) is 10.1. The molecule has 1 atom stereocenters. The van der Waals surface area contributed by atoms with E-state index < -0.39 is 17.7 Å². The van der Waals surface area contributed by atoms with E-state index in [9.17, 15) is 14.7 Å². The number of aliphatic hydroxyl groups is 1. The van der Waals surface area contributed by atoms with Gasteiger partial charge >= 0.3 is 0 Å². The third-order valence-electron chi connectivity index (χ3n) is 7.15. The SMILES string of the molecule is CCCOc1ccc(C(O)=C2C(=O)C(=O)N(CCCN3CCOCC3)C2c2ccc(N(C)C)cc2)cc1C. The maximum absolute atomic E-state index is 13.4. The second-order valence-corrected chi connectivity index (χ2v) is 10.1. The Morgan fingerprint density at radius 2 is 1.79 bits per heavy atom. The van der Waals surface area contributed by atoms with E-state index in [0.29, 0.717) is 31.9 Å². The maximum Gasteiger partial charge on any atom is 0.295 e. The fourth-order valence-corrected chi connectivity index (χ4v) is 5.03. The molecule has 1 unspecified atom stereocenters. The molecule has 2 heterocycles. The van der Waals surface area contributed by atoms with Crippen molar-refractivity contribution in [2.75, 3.05) is 65.0 Å². The minimum Gasteiger partial charge on any atom is -0.507 e. The predicted octanol–water partition coefficient (Wildman–Crippen LogP) is 3.99. The zero-order valence-electron chi connectivity index (χ0n) is 22.9. The van der Waals surface area contributed by atoms with Crippen LogP contribution in [0, 0.1) is 6.92 Å². The number of hydrogen-bond acceptors (Lipinski definition) is 7. The van der Waals surface area contributed by atoms with Crippen LogP contribution in [0.1, 0.15) is 42.5 Å². The normalized spacial score (nSPS) is 19.7. The molecule has 38 heavy (non-hydrogen) atoms. The average molecular weight is 522 g/mol. The Labute approximate surface area is 225 Å². The summed E-state index contributed by atoms with van der Waals surface area (Å²) in [6, 6.07) is 12.5. The first-order valence-corrected chi connectivity index (χ1v) is 13.4. The molecule has 8 heteroatoms. The van der Waals surface area contributed by atoms with Gasteiger partial charge in [-0.25, -0.2) is 0 Å². The molecule has 2 aliphatic rings. The number of nitrogens with zero attached hydrogens (tertiary/aromatic N) is 3. The number of aryl methyl sites for hydroxylation is 1. The van der Waals surface area contributed by atoms with Crippen LogP contribution in [0.4, 0.5) is 5.69 Å². The number of carbonyl (C=O) groups excluding carboxylic acids is 2. The Hall–Kier alpha value is -3.36. The smallest absolute Gasteiger partial charge is 0.295 e. The van der Waals surface area contributed by atoms with Crippen molar-refractivity contribution in [3.05, 3.63) is 64.7 Å². The predicted molar refractivity (Wildman–Crippen MR) is 149 cm³/mol. The van der Waals surface area contributed by atoms with Crippen molar-refractivity contribution in [3.63, 3.8) is 0 Å². The largest absolute Gasteiger partial charge is 0.507 e. The minimum atomic E-state index is -0.660. The summed E-state index contributed by atoms with van der Waals surface area (Å²) >= 11 is 0. The number of morpholine rings is 1. The standard InChI is InChI=1S/C30H39N3O5/c1-5-17-38-25-12-9-23(20-21(25)2)28(34)26-27(22-7-10-24(11-8-22)31(3)4)33(30(36)29(26)35)14-6-13-32-15-18-37-19-16-32/h7-12,20,27,34H,5-6,13-19H2,1-4H3. The van der Waals surface area contributed by atoms with Crippen LogP contribution in [0.5, 0.6) is 5.75 Å². The fourth-order valence-electron chi connectivity index (χ4n) is 5.03. The highest BCUT2D eigenvalue weighted by molar-refractivity contribution is 6.46. The Bertz CT molecular complexity index is 1170. The number of anilines is 1. The highest BCUT2D eigenvalue weighted by Crippen LogP contribution is 2.40. The summed E-state index contributed by atoms with van der Waals surface area (Å²) < 4.78 is 11.2. The van der Waals surface area contributed by atoms with Gasteiger partial charge in [0.25, 0.3) is 11.7 Å². The molecule has 2 aliphatic heterocycles. The molecule has 0 bridgehead atoms. The van der Waals surface area contributed by atoms with Gasteiger partial charge in [0.2, 0.25) is 0 Å². The number of ketones is 1. The number of likely N-dealkylation sites (tertiary alicyclic amines) is 1. The lowest BCUT2D eigenvalue weighted by Crippen LogP contribution is -2.38. The number of hydrogen-bond donors (Lipinski definition) is 1. The van der Waals surface area contributed by atoms with E-state index in [4.69, 9.17) is 9.47 Å². The van der Waals surface area contributed by atoms with E-state index in [1.165, 1.54) is 0 Å². The van der Waals surface area contributed by atoms with Gasteiger partial charge in [0.1, 0.15) is 11.5 Å². The molecule has 0 spiro atoms. The van der Waals surface area contributed by atoms with Crippen molar-refractivity contribution in [2.45, 2.75) is 32.7 Å². The van der Waals surface area contributed by atoms with Gasteiger partial charge in [0, 0.05) is 51.5 Å². The first kappa shape index (κ1) is 27.7. The molecule has 0 radical (unpaired) electrons. The van der Waals surface area contributed by atoms with Gasteiger partial charge in [-0.05, 0) is 61.2 Å². The van der Waals surface area contributed by atoms with Gasteiger partial charge in [-0.1, -0.05) is 19.1 Å². The average Bonchev–Trinajstić information content (AvgIpc) is 3.17. The van der Waals surface area contributed by atoms with Crippen molar-refractivity contribution in [1.29, 1.82) is 0 Å².